The largest absolute Gasteiger partial charge is 0.376 e. The van der Waals surface area contributed by atoms with Crippen LogP contribution in [-0.4, -0.2) is 23.6 Å². The Hall–Kier alpha value is -1.72. The summed E-state index contributed by atoms with van der Waals surface area (Å²) in [6.45, 7) is 1.15. The number of anilines is 1. The van der Waals surface area contributed by atoms with Crippen molar-refractivity contribution in [3.63, 3.8) is 0 Å². The summed E-state index contributed by atoms with van der Waals surface area (Å²) < 4.78 is 19.3. The molecule has 1 aliphatic rings. The van der Waals surface area contributed by atoms with Crippen LogP contribution < -0.4 is 5.32 Å². The predicted octanol–water partition coefficient (Wildman–Crippen LogP) is 2.97. The molecule has 1 aromatic carbocycles. The van der Waals surface area contributed by atoms with Gasteiger partial charge >= 0.3 is 0 Å². The molecule has 21 heavy (non-hydrogen) atoms. The molecule has 4 nitrogen and oxygen atoms in total. The van der Waals surface area contributed by atoms with Gasteiger partial charge in [-0.25, -0.2) is 14.4 Å². The van der Waals surface area contributed by atoms with Gasteiger partial charge in [-0.15, -0.1) is 0 Å². The van der Waals surface area contributed by atoms with Crippen LogP contribution in [0, 0.1) is 5.82 Å². The highest BCUT2D eigenvalue weighted by atomic mass is 35.5. The third-order valence-corrected chi connectivity index (χ3v) is 3.86. The van der Waals surface area contributed by atoms with Crippen molar-refractivity contribution in [2.24, 2.45) is 0 Å². The summed E-state index contributed by atoms with van der Waals surface area (Å²) in [6.07, 6.45) is 1.01. The molecule has 0 fully saturated rings. The van der Waals surface area contributed by atoms with Crippen molar-refractivity contribution in [3.05, 3.63) is 51.7 Å². The molecule has 1 aromatic heterocycles. The third-order valence-electron chi connectivity index (χ3n) is 3.50. The number of hydrogen-bond donors (Lipinski definition) is 1. The Morgan fingerprint density at radius 1 is 1.38 bits per heavy atom. The van der Waals surface area contributed by atoms with E-state index in [2.05, 4.69) is 15.3 Å². The van der Waals surface area contributed by atoms with Crippen molar-refractivity contribution in [1.82, 2.24) is 9.97 Å². The molecule has 3 rings (SSSR count). The van der Waals surface area contributed by atoms with E-state index >= 15 is 0 Å². The highest BCUT2D eigenvalue weighted by molar-refractivity contribution is 6.31. The molecule has 1 aliphatic heterocycles. The molecular formula is C15H15ClFN3O. The van der Waals surface area contributed by atoms with Crippen LogP contribution in [0.2, 0.25) is 5.02 Å². The minimum absolute atomic E-state index is 0.272. The smallest absolute Gasteiger partial charge is 0.135 e. The van der Waals surface area contributed by atoms with Crippen LogP contribution in [0.1, 0.15) is 22.6 Å². The fraction of sp³-hybridized carbons (Fsp3) is 0.333. The van der Waals surface area contributed by atoms with Crippen LogP contribution in [0.15, 0.2) is 18.2 Å². The number of nitrogens with zero attached hydrogens (tertiary/aromatic N) is 2. The van der Waals surface area contributed by atoms with Crippen molar-refractivity contribution in [3.8, 4) is 0 Å². The monoisotopic (exact) mass is 307 g/mol. The molecule has 0 unspecified atom stereocenters. The van der Waals surface area contributed by atoms with E-state index in [-0.39, 0.29) is 12.2 Å². The Balaban J connectivity index is 1.99. The molecule has 0 amide bonds. The zero-order chi connectivity index (χ0) is 14.8. The van der Waals surface area contributed by atoms with Gasteiger partial charge in [0.25, 0.3) is 0 Å². The maximum Gasteiger partial charge on any atom is 0.135 e. The fourth-order valence-corrected chi connectivity index (χ4v) is 2.66. The number of halogens is 2. The van der Waals surface area contributed by atoms with Gasteiger partial charge in [0.05, 0.1) is 18.9 Å². The summed E-state index contributed by atoms with van der Waals surface area (Å²) in [7, 11) is 1.80. The van der Waals surface area contributed by atoms with Crippen LogP contribution in [0.3, 0.4) is 0 Å². The van der Waals surface area contributed by atoms with E-state index < -0.39 is 0 Å². The van der Waals surface area contributed by atoms with E-state index in [0.717, 1.165) is 23.5 Å². The van der Waals surface area contributed by atoms with Gasteiger partial charge in [0.15, 0.2) is 0 Å². The van der Waals surface area contributed by atoms with E-state index in [9.17, 15) is 4.39 Å². The first-order valence-electron chi connectivity index (χ1n) is 6.76. The number of nitrogens with one attached hydrogen (secondary N) is 1. The molecule has 0 atom stereocenters. The van der Waals surface area contributed by atoms with E-state index in [1.165, 1.54) is 6.07 Å². The Labute approximate surface area is 127 Å². The molecule has 0 aliphatic carbocycles. The van der Waals surface area contributed by atoms with Gasteiger partial charge in [-0.05, 0) is 12.1 Å². The minimum Gasteiger partial charge on any atom is -0.376 e. The summed E-state index contributed by atoms with van der Waals surface area (Å²) in [5.41, 5.74) is 2.36. The zero-order valence-corrected chi connectivity index (χ0v) is 12.4. The maximum absolute atomic E-state index is 13.9. The van der Waals surface area contributed by atoms with Crippen LogP contribution in [0.4, 0.5) is 10.2 Å². The molecule has 2 heterocycles. The molecule has 0 bridgehead atoms. The predicted molar refractivity (Wildman–Crippen MR) is 79.2 cm³/mol. The first kappa shape index (κ1) is 14.2. The molecule has 6 heteroatoms. The quantitative estimate of drug-likeness (QED) is 0.947. The Morgan fingerprint density at radius 3 is 3.00 bits per heavy atom. The van der Waals surface area contributed by atoms with Crippen molar-refractivity contribution < 1.29 is 9.13 Å². The highest BCUT2D eigenvalue weighted by Gasteiger charge is 2.19. The van der Waals surface area contributed by atoms with Crippen molar-refractivity contribution in [1.29, 1.82) is 0 Å². The maximum atomic E-state index is 13.9. The molecular weight excluding hydrogens is 293 g/mol. The second kappa shape index (κ2) is 5.95. The Bertz CT molecular complexity index is 641. The molecule has 0 radical (unpaired) electrons. The molecule has 110 valence electrons. The minimum atomic E-state index is -0.335. The normalized spacial score (nSPS) is 13.9. The highest BCUT2D eigenvalue weighted by Crippen LogP contribution is 2.25. The third kappa shape index (κ3) is 2.84. The number of benzene rings is 1. The summed E-state index contributed by atoms with van der Waals surface area (Å²) in [6, 6.07) is 4.66. The van der Waals surface area contributed by atoms with Gasteiger partial charge in [0, 0.05) is 36.0 Å². The SMILES string of the molecule is CNc1nc(Cc2c(F)cccc2Cl)nc2c1COCC2. The number of aromatic nitrogens is 2. The molecule has 0 saturated carbocycles. The number of fused-ring (bicyclic) bond motifs is 1. The number of hydrogen-bond acceptors (Lipinski definition) is 4. The average molecular weight is 308 g/mol. The van der Waals surface area contributed by atoms with Crippen molar-refractivity contribution in [2.75, 3.05) is 19.0 Å². The van der Waals surface area contributed by atoms with Crippen LogP contribution in [0.25, 0.3) is 0 Å². The van der Waals surface area contributed by atoms with Gasteiger partial charge in [-0.2, -0.15) is 0 Å². The fourth-order valence-electron chi connectivity index (χ4n) is 2.43. The van der Waals surface area contributed by atoms with E-state index in [0.29, 0.717) is 29.6 Å². The Morgan fingerprint density at radius 2 is 2.24 bits per heavy atom. The lowest BCUT2D eigenvalue weighted by molar-refractivity contribution is 0.109. The van der Waals surface area contributed by atoms with Gasteiger partial charge in [-0.3, -0.25) is 0 Å². The number of ether oxygens (including phenoxy) is 1. The molecule has 1 N–H and O–H groups in total. The summed E-state index contributed by atoms with van der Waals surface area (Å²) in [4.78, 5) is 9.00. The van der Waals surface area contributed by atoms with Gasteiger partial charge < -0.3 is 10.1 Å². The van der Waals surface area contributed by atoms with Gasteiger partial charge in [-0.1, -0.05) is 17.7 Å². The van der Waals surface area contributed by atoms with Crippen molar-refractivity contribution >= 4 is 17.4 Å². The van der Waals surface area contributed by atoms with Crippen LogP contribution in [-0.2, 0) is 24.2 Å². The lowest BCUT2D eigenvalue weighted by Crippen LogP contribution is -2.17. The second-order valence-corrected chi connectivity index (χ2v) is 5.25. The lowest BCUT2D eigenvalue weighted by atomic mass is 10.1. The van der Waals surface area contributed by atoms with E-state index in [1.807, 2.05) is 0 Å². The summed E-state index contributed by atoms with van der Waals surface area (Å²) in [5, 5.41) is 3.45. The molecule has 0 saturated heterocycles. The standard InChI is InChI=1S/C15H15ClFN3O/c1-18-15-10-8-21-6-5-13(10)19-14(20-15)7-9-11(16)3-2-4-12(9)17/h2-4H,5-8H2,1H3,(H,18,19,20). The van der Waals surface area contributed by atoms with E-state index in [4.69, 9.17) is 16.3 Å². The second-order valence-electron chi connectivity index (χ2n) is 4.84. The van der Waals surface area contributed by atoms with Gasteiger partial charge in [0.1, 0.15) is 17.5 Å². The first-order chi connectivity index (χ1) is 10.2. The van der Waals surface area contributed by atoms with Crippen molar-refractivity contribution in [2.45, 2.75) is 19.4 Å². The number of rotatable bonds is 3. The molecule has 2 aromatic rings. The zero-order valence-electron chi connectivity index (χ0n) is 11.6. The van der Waals surface area contributed by atoms with Crippen LogP contribution in [0.5, 0.6) is 0 Å². The summed E-state index contributed by atoms with van der Waals surface area (Å²) in [5.74, 6) is 0.965. The summed E-state index contributed by atoms with van der Waals surface area (Å²) >= 11 is 6.07. The van der Waals surface area contributed by atoms with E-state index in [1.54, 1.807) is 19.2 Å². The van der Waals surface area contributed by atoms with Gasteiger partial charge in [0.2, 0.25) is 0 Å². The molecule has 0 spiro atoms. The lowest BCUT2D eigenvalue weighted by Gasteiger charge is -2.19. The first-order valence-corrected chi connectivity index (χ1v) is 7.14. The average Bonchev–Trinajstić information content (AvgIpc) is 2.50. The topological polar surface area (TPSA) is 47.0 Å². The van der Waals surface area contributed by atoms with Crippen LogP contribution >= 0.6 is 11.6 Å². The Kier molecular flexibility index (Phi) is 4.03.